The number of nitrogens with two attached hydrogens (primary N) is 1. The van der Waals surface area contributed by atoms with Crippen molar-refractivity contribution in [2.24, 2.45) is 5.73 Å². The van der Waals surface area contributed by atoms with Crippen LogP contribution in [0.4, 0.5) is 0 Å². The fourth-order valence-electron chi connectivity index (χ4n) is 1.55. The topological polar surface area (TPSA) is 94.0 Å². The smallest absolute Gasteiger partial charge is 0.240 e. The Balaban J connectivity index is 1.72. The molecular weight excluding hydrogens is 196 g/mol. The summed E-state index contributed by atoms with van der Waals surface area (Å²) in [5.41, 5.74) is 5.21. The number of carbonyl (C=O) groups excluding carboxylic acids is 1. The predicted octanol–water partition coefficient (Wildman–Crippen LogP) is -0.390. The van der Waals surface area contributed by atoms with Crippen LogP contribution in [0.25, 0.3) is 0 Å². The van der Waals surface area contributed by atoms with E-state index in [-0.39, 0.29) is 5.91 Å². The van der Waals surface area contributed by atoms with Crippen LogP contribution < -0.4 is 11.1 Å². The highest BCUT2D eigenvalue weighted by atomic mass is 16.5. The normalized spacial score (nSPS) is 18.2. The molecule has 1 aliphatic rings. The van der Waals surface area contributed by atoms with Crippen LogP contribution in [0.15, 0.2) is 10.9 Å². The summed E-state index contributed by atoms with van der Waals surface area (Å²) in [4.78, 5) is 15.4. The molecule has 0 aliphatic heterocycles. The number of nitrogens with one attached hydrogen (secondary N) is 1. The molecule has 6 heteroatoms. The van der Waals surface area contributed by atoms with Gasteiger partial charge in [-0.25, -0.2) is 0 Å². The number of rotatable bonds is 4. The standard InChI is InChI=1S/C9H14N4O2/c10-9(3-1-4-9)8(14)11-5-2-7-12-6-13-15-7/h6H,1-5,10H2,(H,11,14). The zero-order valence-electron chi connectivity index (χ0n) is 8.40. The number of carbonyl (C=O) groups is 1. The molecule has 15 heavy (non-hydrogen) atoms. The van der Waals surface area contributed by atoms with E-state index in [2.05, 4.69) is 15.5 Å². The Kier molecular flexibility index (Phi) is 2.68. The molecule has 3 N–H and O–H groups in total. The van der Waals surface area contributed by atoms with E-state index in [0.717, 1.165) is 19.3 Å². The second-order valence-corrected chi connectivity index (χ2v) is 3.85. The summed E-state index contributed by atoms with van der Waals surface area (Å²) < 4.78 is 4.80. The van der Waals surface area contributed by atoms with Crippen LogP contribution in [0.5, 0.6) is 0 Å². The van der Waals surface area contributed by atoms with Crippen LogP contribution in [0.1, 0.15) is 25.2 Å². The molecule has 1 saturated carbocycles. The van der Waals surface area contributed by atoms with Crippen LogP contribution in [-0.4, -0.2) is 28.1 Å². The van der Waals surface area contributed by atoms with E-state index < -0.39 is 5.54 Å². The van der Waals surface area contributed by atoms with Crippen molar-refractivity contribution in [3.05, 3.63) is 12.2 Å². The minimum atomic E-state index is -0.630. The van der Waals surface area contributed by atoms with Gasteiger partial charge in [0.15, 0.2) is 6.33 Å². The van der Waals surface area contributed by atoms with Gasteiger partial charge in [-0.1, -0.05) is 5.16 Å². The molecule has 1 fully saturated rings. The highest BCUT2D eigenvalue weighted by Gasteiger charge is 2.39. The number of aromatic nitrogens is 2. The van der Waals surface area contributed by atoms with Gasteiger partial charge in [0, 0.05) is 13.0 Å². The molecule has 0 spiro atoms. The Bertz CT molecular complexity index is 332. The van der Waals surface area contributed by atoms with Gasteiger partial charge in [-0.3, -0.25) is 4.79 Å². The van der Waals surface area contributed by atoms with Gasteiger partial charge in [-0.05, 0) is 19.3 Å². The summed E-state index contributed by atoms with van der Waals surface area (Å²) in [5, 5.41) is 6.24. The van der Waals surface area contributed by atoms with Gasteiger partial charge < -0.3 is 15.6 Å². The molecule has 2 rings (SSSR count). The summed E-state index contributed by atoms with van der Waals surface area (Å²) >= 11 is 0. The second kappa shape index (κ2) is 3.98. The van der Waals surface area contributed by atoms with Crippen molar-refractivity contribution >= 4 is 5.91 Å². The van der Waals surface area contributed by atoms with Crippen molar-refractivity contribution in [3.8, 4) is 0 Å². The summed E-state index contributed by atoms with van der Waals surface area (Å²) in [6.45, 7) is 0.486. The van der Waals surface area contributed by atoms with E-state index >= 15 is 0 Å². The van der Waals surface area contributed by atoms with Gasteiger partial charge in [0.05, 0.1) is 5.54 Å². The van der Waals surface area contributed by atoms with Crippen molar-refractivity contribution < 1.29 is 9.32 Å². The molecule has 1 aliphatic carbocycles. The van der Waals surface area contributed by atoms with E-state index in [1.807, 2.05) is 0 Å². The number of hydrogen-bond acceptors (Lipinski definition) is 5. The van der Waals surface area contributed by atoms with Gasteiger partial charge in [-0.15, -0.1) is 0 Å². The molecule has 0 atom stereocenters. The molecule has 1 amide bonds. The molecule has 0 bridgehead atoms. The monoisotopic (exact) mass is 210 g/mol. The number of nitrogens with zero attached hydrogens (tertiary/aromatic N) is 2. The van der Waals surface area contributed by atoms with Crippen molar-refractivity contribution in [1.82, 2.24) is 15.5 Å². The summed E-state index contributed by atoms with van der Waals surface area (Å²) in [5.74, 6) is 0.447. The number of hydrogen-bond donors (Lipinski definition) is 2. The van der Waals surface area contributed by atoms with Gasteiger partial charge in [0.25, 0.3) is 0 Å². The molecule has 1 aromatic heterocycles. The first-order valence-corrected chi connectivity index (χ1v) is 5.03. The van der Waals surface area contributed by atoms with Crippen LogP contribution in [0.3, 0.4) is 0 Å². The average molecular weight is 210 g/mol. The van der Waals surface area contributed by atoms with Crippen LogP contribution in [0.2, 0.25) is 0 Å². The number of amides is 1. The van der Waals surface area contributed by atoms with E-state index in [0.29, 0.717) is 18.9 Å². The van der Waals surface area contributed by atoms with E-state index in [1.165, 1.54) is 6.33 Å². The van der Waals surface area contributed by atoms with Gasteiger partial charge in [-0.2, -0.15) is 4.98 Å². The molecule has 0 unspecified atom stereocenters. The third-order valence-corrected chi connectivity index (χ3v) is 2.73. The second-order valence-electron chi connectivity index (χ2n) is 3.85. The first kappa shape index (κ1) is 10.1. The third-order valence-electron chi connectivity index (χ3n) is 2.73. The fourth-order valence-corrected chi connectivity index (χ4v) is 1.55. The van der Waals surface area contributed by atoms with Crippen molar-refractivity contribution in [2.45, 2.75) is 31.2 Å². The lowest BCUT2D eigenvalue weighted by Crippen LogP contribution is -2.58. The largest absolute Gasteiger partial charge is 0.354 e. The van der Waals surface area contributed by atoms with Crippen molar-refractivity contribution in [1.29, 1.82) is 0 Å². The van der Waals surface area contributed by atoms with Gasteiger partial charge in [0.1, 0.15) is 0 Å². The van der Waals surface area contributed by atoms with Crippen LogP contribution in [-0.2, 0) is 11.2 Å². The van der Waals surface area contributed by atoms with Gasteiger partial charge in [0.2, 0.25) is 11.8 Å². The van der Waals surface area contributed by atoms with Crippen LogP contribution >= 0.6 is 0 Å². The summed E-state index contributed by atoms with van der Waals surface area (Å²) in [7, 11) is 0. The lowest BCUT2D eigenvalue weighted by Gasteiger charge is -2.36. The Hall–Kier alpha value is -1.43. The summed E-state index contributed by atoms with van der Waals surface area (Å²) in [6, 6.07) is 0. The summed E-state index contributed by atoms with van der Waals surface area (Å²) in [6.07, 6.45) is 4.47. The minimum absolute atomic E-state index is 0.0757. The minimum Gasteiger partial charge on any atom is -0.354 e. The van der Waals surface area contributed by atoms with E-state index in [1.54, 1.807) is 0 Å². The maximum Gasteiger partial charge on any atom is 0.240 e. The molecule has 82 valence electrons. The SMILES string of the molecule is NC1(C(=O)NCCc2ncno2)CCC1. The molecule has 0 saturated heterocycles. The average Bonchev–Trinajstić information content (AvgIpc) is 2.66. The predicted molar refractivity (Wildman–Crippen MR) is 51.8 cm³/mol. The zero-order chi connectivity index (χ0) is 10.7. The maximum atomic E-state index is 11.6. The molecule has 1 aromatic rings. The molecule has 0 radical (unpaired) electrons. The fraction of sp³-hybridized carbons (Fsp3) is 0.667. The lowest BCUT2D eigenvalue weighted by molar-refractivity contribution is -0.129. The van der Waals surface area contributed by atoms with E-state index in [9.17, 15) is 4.79 Å². The quantitative estimate of drug-likeness (QED) is 0.705. The molecule has 1 heterocycles. The third kappa shape index (κ3) is 2.15. The Morgan fingerprint density at radius 2 is 2.47 bits per heavy atom. The lowest BCUT2D eigenvalue weighted by atomic mass is 9.77. The maximum absolute atomic E-state index is 11.6. The van der Waals surface area contributed by atoms with Crippen molar-refractivity contribution in [2.75, 3.05) is 6.54 Å². The molecular formula is C9H14N4O2. The van der Waals surface area contributed by atoms with Gasteiger partial charge >= 0.3 is 0 Å². The molecule has 6 nitrogen and oxygen atoms in total. The Labute approximate surface area is 87.2 Å². The zero-order valence-corrected chi connectivity index (χ0v) is 8.40. The highest BCUT2D eigenvalue weighted by Crippen LogP contribution is 2.28. The molecule has 0 aromatic carbocycles. The van der Waals surface area contributed by atoms with Crippen molar-refractivity contribution in [3.63, 3.8) is 0 Å². The first-order chi connectivity index (χ1) is 7.21. The highest BCUT2D eigenvalue weighted by molar-refractivity contribution is 5.86. The Morgan fingerprint density at radius 1 is 1.67 bits per heavy atom. The Morgan fingerprint density at radius 3 is 3.00 bits per heavy atom. The van der Waals surface area contributed by atoms with E-state index in [4.69, 9.17) is 10.3 Å². The van der Waals surface area contributed by atoms with Crippen LogP contribution in [0, 0.1) is 0 Å². The first-order valence-electron chi connectivity index (χ1n) is 5.03.